The van der Waals surface area contributed by atoms with E-state index in [9.17, 15) is 0 Å². The number of halogens is 1. The van der Waals surface area contributed by atoms with Crippen LogP contribution in [0, 0.1) is 0 Å². The van der Waals surface area contributed by atoms with Crippen molar-refractivity contribution in [2.75, 3.05) is 38.7 Å². The molecule has 0 atom stereocenters. The van der Waals surface area contributed by atoms with Gasteiger partial charge in [-0.2, -0.15) is 0 Å². The molecule has 0 spiro atoms. The maximum atomic E-state index is 6.44. The number of aromatic nitrogens is 1. The molecule has 0 bridgehead atoms. The summed E-state index contributed by atoms with van der Waals surface area (Å²) >= 11 is 6.44. The van der Waals surface area contributed by atoms with Gasteiger partial charge in [-0.05, 0) is 68.7 Å². The molecule has 4 rings (SSSR count). The average Bonchev–Trinajstić information content (AvgIpc) is 3.32. The first-order valence-corrected chi connectivity index (χ1v) is 12.1. The molecule has 7 nitrogen and oxygen atoms in total. The second kappa shape index (κ2) is 11.5. The largest absolute Gasteiger partial charge is 0.497 e. The lowest BCUT2D eigenvalue weighted by Gasteiger charge is -2.32. The highest BCUT2D eigenvalue weighted by Gasteiger charge is 2.22. The molecule has 1 fully saturated rings. The Kier molecular flexibility index (Phi) is 8.19. The van der Waals surface area contributed by atoms with Crippen molar-refractivity contribution in [3.63, 3.8) is 0 Å². The number of piperidine rings is 1. The van der Waals surface area contributed by atoms with E-state index in [1.807, 2.05) is 50.2 Å². The zero-order chi connectivity index (χ0) is 23.9. The van der Waals surface area contributed by atoms with E-state index < -0.39 is 0 Å². The molecule has 34 heavy (non-hydrogen) atoms. The Bertz CT molecular complexity index is 1040. The van der Waals surface area contributed by atoms with Crippen LogP contribution >= 0.6 is 11.6 Å². The number of hydrogen-bond donors (Lipinski definition) is 1. The topological polar surface area (TPSA) is 69.0 Å². The summed E-state index contributed by atoms with van der Waals surface area (Å²) in [5.74, 6) is 2.91. The Hall–Kier alpha value is -2.90. The van der Waals surface area contributed by atoms with Gasteiger partial charge in [0.1, 0.15) is 22.3 Å². The van der Waals surface area contributed by atoms with Crippen molar-refractivity contribution in [1.29, 1.82) is 0 Å². The number of rotatable bonds is 10. The number of likely N-dealkylation sites (tertiary alicyclic amines) is 1. The first kappa shape index (κ1) is 24.2. The second-order valence-electron chi connectivity index (χ2n) is 8.23. The normalized spacial score (nSPS) is 14.7. The Morgan fingerprint density at radius 2 is 1.71 bits per heavy atom. The van der Waals surface area contributed by atoms with Crippen LogP contribution in [0.1, 0.15) is 32.3 Å². The van der Waals surface area contributed by atoms with Gasteiger partial charge in [-0.25, -0.2) is 4.98 Å². The lowest BCUT2D eigenvalue weighted by atomic mass is 10.0. The van der Waals surface area contributed by atoms with Gasteiger partial charge in [-0.15, -0.1) is 0 Å². The fourth-order valence-corrected chi connectivity index (χ4v) is 4.35. The maximum Gasteiger partial charge on any atom is 0.295 e. The molecule has 1 saturated heterocycles. The van der Waals surface area contributed by atoms with Crippen LogP contribution in [0.2, 0.25) is 5.02 Å². The van der Waals surface area contributed by atoms with Gasteiger partial charge >= 0.3 is 0 Å². The first-order chi connectivity index (χ1) is 16.6. The molecule has 182 valence electrons. The van der Waals surface area contributed by atoms with E-state index in [1.54, 1.807) is 13.3 Å². The number of benzene rings is 2. The lowest BCUT2D eigenvalue weighted by Crippen LogP contribution is -2.38. The third-order valence-electron chi connectivity index (χ3n) is 5.87. The Balaban J connectivity index is 1.32. The number of nitrogens with one attached hydrogen (secondary N) is 1. The Labute approximate surface area is 206 Å². The predicted molar refractivity (Wildman–Crippen MR) is 134 cm³/mol. The number of hydrogen-bond acceptors (Lipinski definition) is 7. The Morgan fingerprint density at radius 1 is 1.06 bits per heavy atom. The molecule has 1 aromatic heterocycles. The number of oxazole rings is 1. The van der Waals surface area contributed by atoms with Crippen LogP contribution in [0.15, 0.2) is 47.0 Å². The molecule has 1 aliphatic rings. The van der Waals surface area contributed by atoms with Gasteiger partial charge in [0.25, 0.3) is 6.01 Å². The molecular weight excluding hydrogens is 454 g/mol. The predicted octanol–water partition coefficient (Wildman–Crippen LogP) is 5.88. The van der Waals surface area contributed by atoms with E-state index in [0.717, 1.165) is 55.1 Å². The SMILES string of the molecule is CCOc1cc(CN2CCC(Nc3ncc(-c4ccc(OC)cc4)o3)CC2)cc(OCC)c1Cl. The highest BCUT2D eigenvalue weighted by atomic mass is 35.5. The molecular formula is C26H32ClN3O4. The van der Waals surface area contributed by atoms with Gasteiger partial charge in [0.15, 0.2) is 5.76 Å². The summed E-state index contributed by atoms with van der Waals surface area (Å²) in [5, 5.41) is 3.99. The number of anilines is 1. The van der Waals surface area contributed by atoms with Crippen molar-refractivity contribution < 1.29 is 18.6 Å². The molecule has 0 radical (unpaired) electrons. The van der Waals surface area contributed by atoms with E-state index >= 15 is 0 Å². The van der Waals surface area contributed by atoms with Crippen molar-refractivity contribution in [2.45, 2.75) is 39.3 Å². The fourth-order valence-electron chi connectivity index (χ4n) is 4.14. The lowest BCUT2D eigenvalue weighted by molar-refractivity contribution is 0.209. The molecule has 0 saturated carbocycles. The van der Waals surface area contributed by atoms with Crippen LogP contribution in [0.25, 0.3) is 11.3 Å². The number of methoxy groups -OCH3 is 1. The summed E-state index contributed by atoms with van der Waals surface area (Å²) in [6.07, 6.45) is 3.76. The zero-order valence-electron chi connectivity index (χ0n) is 20.0. The van der Waals surface area contributed by atoms with Crippen LogP contribution in [0.3, 0.4) is 0 Å². The van der Waals surface area contributed by atoms with E-state index in [4.69, 9.17) is 30.2 Å². The molecule has 0 unspecified atom stereocenters. The second-order valence-corrected chi connectivity index (χ2v) is 8.60. The highest BCUT2D eigenvalue weighted by Crippen LogP contribution is 2.36. The highest BCUT2D eigenvalue weighted by molar-refractivity contribution is 6.33. The zero-order valence-corrected chi connectivity index (χ0v) is 20.7. The monoisotopic (exact) mass is 485 g/mol. The third-order valence-corrected chi connectivity index (χ3v) is 6.24. The molecule has 2 aromatic carbocycles. The molecule has 1 aliphatic heterocycles. The van der Waals surface area contributed by atoms with Gasteiger partial charge in [0.2, 0.25) is 0 Å². The summed E-state index contributed by atoms with van der Waals surface area (Å²) < 4.78 is 22.6. The smallest absolute Gasteiger partial charge is 0.295 e. The van der Waals surface area contributed by atoms with Crippen molar-refractivity contribution >= 4 is 17.6 Å². The Morgan fingerprint density at radius 3 is 2.29 bits per heavy atom. The summed E-state index contributed by atoms with van der Waals surface area (Å²) in [7, 11) is 1.66. The van der Waals surface area contributed by atoms with Crippen molar-refractivity contribution in [3.05, 3.63) is 53.2 Å². The van der Waals surface area contributed by atoms with Crippen molar-refractivity contribution in [1.82, 2.24) is 9.88 Å². The average molecular weight is 486 g/mol. The standard InChI is InChI=1S/C26H32ClN3O4/c1-4-32-22-14-18(15-23(25(22)27)33-5-2)17-30-12-10-20(11-13-30)29-26-28-16-24(34-26)19-6-8-21(31-3)9-7-19/h6-9,14-16,20H,4-5,10-13,17H2,1-3H3,(H,28,29). The van der Waals surface area contributed by atoms with Gasteiger partial charge < -0.3 is 23.9 Å². The minimum atomic E-state index is 0.321. The minimum Gasteiger partial charge on any atom is -0.497 e. The van der Waals surface area contributed by atoms with Crippen molar-refractivity contribution in [2.24, 2.45) is 0 Å². The van der Waals surface area contributed by atoms with Gasteiger partial charge in [0.05, 0.1) is 26.5 Å². The summed E-state index contributed by atoms with van der Waals surface area (Å²) in [6, 6.07) is 12.7. The summed E-state index contributed by atoms with van der Waals surface area (Å²) in [4.78, 5) is 6.85. The molecule has 1 N–H and O–H groups in total. The van der Waals surface area contributed by atoms with Crippen LogP contribution in [-0.4, -0.2) is 49.3 Å². The minimum absolute atomic E-state index is 0.321. The third kappa shape index (κ3) is 5.96. The van der Waals surface area contributed by atoms with Crippen molar-refractivity contribution in [3.8, 4) is 28.6 Å². The quantitative estimate of drug-likeness (QED) is 0.384. The summed E-state index contributed by atoms with van der Waals surface area (Å²) in [5.41, 5.74) is 2.11. The molecule has 0 amide bonds. The van der Waals surface area contributed by atoms with Gasteiger partial charge in [-0.3, -0.25) is 4.90 Å². The van der Waals surface area contributed by atoms with Crippen LogP contribution in [0.5, 0.6) is 17.2 Å². The van der Waals surface area contributed by atoms with E-state index in [2.05, 4.69) is 15.2 Å². The molecule has 2 heterocycles. The van der Waals surface area contributed by atoms with Crippen LogP contribution in [-0.2, 0) is 6.54 Å². The van der Waals surface area contributed by atoms with Gasteiger partial charge in [-0.1, -0.05) is 11.6 Å². The van der Waals surface area contributed by atoms with E-state index in [0.29, 0.717) is 41.8 Å². The number of nitrogens with zero attached hydrogens (tertiary/aromatic N) is 2. The molecule has 8 heteroatoms. The maximum absolute atomic E-state index is 6.44. The van der Waals surface area contributed by atoms with E-state index in [1.165, 1.54) is 0 Å². The molecule has 0 aliphatic carbocycles. The van der Waals surface area contributed by atoms with Gasteiger partial charge in [0, 0.05) is 31.2 Å². The fraction of sp³-hybridized carbons (Fsp3) is 0.423. The number of ether oxygens (including phenoxy) is 3. The first-order valence-electron chi connectivity index (χ1n) is 11.8. The summed E-state index contributed by atoms with van der Waals surface area (Å²) in [6.45, 7) is 7.80. The van der Waals surface area contributed by atoms with Crippen LogP contribution < -0.4 is 19.5 Å². The van der Waals surface area contributed by atoms with E-state index in [-0.39, 0.29) is 0 Å². The van der Waals surface area contributed by atoms with Crippen LogP contribution in [0.4, 0.5) is 6.01 Å². The molecule has 3 aromatic rings.